The fourth-order valence-corrected chi connectivity index (χ4v) is 3.09. The van der Waals surface area contributed by atoms with Gasteiger partial charge < -0.3 is 15.0 Å². The minimum Gasteiger partial charge on any atom is -0.425 e. The summed E-state index contributed by atoms with van der Waals surface area (Å²) in [7, 11) is 0. The number of benzene rings is 1. The molecule has 1 unspecified atom stereocenters. The molecule has 3 rings (SSSR count). The topological polar surface area (TPSA) is 54.5 Å². The van der Waals surface area contributed by atoms with Crippen molar-refractivity contribution in [3.8, 4) is 0 Å². The standard InChI is InChI=1S/C17H20ClN3O2/c1-2-19-17(22)23-16-8-3-4-11-21(16)15-10-9-12-13(18)6-5-7-14(12)20-15/h5-7,9-10,16H,2-4,8,11H2,1H3,(H,19,22). The highest BCUT2D eigenvalue weighted by molar-refractivity contribution is 6.35. The van der Waals surface area contributed by atoms with Gasteiger partial charge in [-0.2, -0.15) is 0 Å². The Morgan fingerprint density at radius 2 is 2.26 bits per heavy atom. The molecule has 1 aliphatic rings. The first-order chi connectivity index (χ1) is 11.2. The maximum absolute atomic E-state index is 11.7. The first-order valence-electron chi connectivity index (χ1n) is 7.95. The lowest BCUT2D eigenvalue weighted by molar-refractivity contribution is 0.0807. The molecule has 1 amide bonds. The van der Waals surface area contributed by atoms with Crippen LogP contribution in [0.15, 0.2) is 30.3 Å². The molecule has 1 N–H and O–H groups in total. The van der Waals surface area contributed by atoms with Crippen molar-refractivity contribution in [1.82, 2.24) is 10.3 Å². The Hall–Kier alpha value is -2.01. The number of pyridine rings is 1. The number of amides is 1. The molecule has 122 valence electrons. The molecule has 0 aliphatic carbocycles. The van der Waals surface area contributed by atoms with Crippen LogP contribution in [-0.2, 0) is 4.74 Å². The molecule has 1 aromatic heterocycles. The summed E-state index contributed by atoms with van der Waals surface area (Å²) in [5.74, 6) is 0.814. The number of piperidine rings is 1. The van der Waals surface area contributed by atoms with E-state index in [1.54, 1.807) is 0 Å². The molecule has 1 aromatic carbocycles. The maximum Gasteiger partial charge on any atom is 0.409 e. The van der Waals surface area contributed by atoms with Crippen molar-refractivity contribution in [2.45, 2.75) is 32.4 Å². The summed E-state index contributed by atoms with van der Waals surface area (Å²) in [5.41, 5.74) is 0.845. The van der Waals surface area contributed by atoms with Crippen molar-refractivity contribution in [2.24, 2.45) is 0 Å². The Morgan fingerprint density at radius 1 is 1.39 bits per heavy atom. The number of rotatable bonds is 3. The van der Waals surface area contributed by atoms with Gasteiger partial charge in [-0.15, -0.1) is 0 Å². The molecule has 2 heterocycles. The van der Waals surface area contributed by atoms with Crippen LogP contribution in [0, 0.1) is 0 Å². The van der Waals surface area contributed by atoms with Crippen LogP contribution < -0.4 is 10.2 Å². The fourth-order valence-electron chi connectivity index (χ4n) is 2.86. The highest BCUT2D eigenvalue weighted by Crippen LogP contribution is 2.28. The van der Waals surface area contributed by atoms with Crippen molar-refractivity contribution in [1.29, 1.82) is 0 Å². The summed E-state index contributed by atoms with van der Waals surface area (Å²) in [4.78, 5) is 18.5. The van der Waals surface area contributed by atoms with Gasteiger partial charge in [0.2, 0.25) is 0 Å². The molecular weight excluding hydrogens is 314 g/mol. The second-order valence-electron chi connectivity index (χ2n) is 5.56. The first-order valence-corrected chi connectivity index (χ1v) is 8.33. The quantitative estimate of drug-likeness (QED) is 0.924. The number of halogens is 1. The third kappa shape index (κ3) is 3.50. The number of fused-ring (bicyclic) bond motifs is 1. The van der Waals surface area contributed by atoms with Crippen molar-refractivity contribution in [2.75, 3.05) is 18.0 Å². The smallest absolute Gasteiger partial charge is 0.409 e. The normalized spacial score (nSPS) is 18.0. The average molecular weight is 334 g/mol. The van der Waals surface area contributed by atoms with Gasteiger partial charge in [0.05, 0.1) is 5.52 Å². The van der Waals surface area contributed by atoms with E-state index in [-0.39, 0.29) is 12.3 Å². The summed E-state index contributed by atoms with van der Waals surface area (Å²) in [6.45, 7) is 3.25. The van der Waals surface area contributed by atoms with E-state index in [4.69, 9.17) is 21.3 Å². The number of aromatic nitrogens is 1. The summed E-state index contributed by atoms with van der Waals surface area (Å²) in [6.07, 6.45) is 2.25. The van der Waals surface area contributed by atoms with E-state index in [2.05, 4.69) is 10.2 Å². The first kappa shape index (κ1) is 15.9. The van der Waals surface area contributed by atoms with Crippen LogP contribution in [0.25, 0.3) is 10.9 Å². The van der Waals surface area contributed by atoms with Crippen molar-refractivity contribution < 1.29 is 9.53 Å². The average Bonchev–Trinajstić information content (AvgIpc) is 2.55. The van der Waals surface area contributed by atoms with Gasteiger partial charge in [0, 0.05) is 29.9 Å². The largest absolute Gasteiger partial charge is 0.425 e. The van der Waals surface area contributed by atoms with Crippen LogP contribution >= 0.6 is 11.6 Å². The Labute approximate surface area is 140 Å². The summed E-state index contributed by atoms with van der Waals surface area (Å²) >= 11 is 6.20. The van der Waals surface area contributed by atoms with Crippen molar-refractivity contribution in [3.63, 3.8) is 0 Å². The summed E-state index contributed by atoms with van der Waals surface area (Å²) in [5, 5.41) is 4.29. The Kier molecular flexibility index (Phi) is 4.86. The lowest BCUT2D eigenvalue weighted by Gasteiger charge is -2.35. The molecule has 5 nitrogen and oxygen atoms in total. The number of carbonyl (C=O) groups excluding carboxylic acids is 1. The Balaban J connectivity index is 1.86. The van der Waals surface area contributed by atoms with Crippen LogP contribution in [0.2, 0.25) is 5.02 Å². The second-order valence-corrected chi connectivity index (χ2v) is 5.96. The molecule has 1 saturated heterocycles. The molecule has 1 atom stereocenters. The summed E-state index contributed by atoms with van der Waals surface area (Å²) < 4.78 is 5.54. The van der Waals surface area contributed by atoms with E-state index in [0.29, 0.717) is 11.6 Å². The lowest BCUT2D eigenvalue weighted by Crippen LogP contribution is -2.44. The highest BCUT2D eigenvalue weighted by Gasteiger charge is 2.27. The molecule has 0 bridgehead atoms. The van der Waals surface area contributed by atoms with E-state index in [9.17, 15) is 4.79 Å². The van der Waals surface area contributed by atoms with Gasteiger partial charge in [-0.3, -0.25) is 0 Å². The van der Waals surface area contributed by atoms with Crippen LogP contribution in [0.3, 0.4) is 0 Å². The molecule has 0 spiro atoms. The number of carbonyl (C=O) groups is 1. The predicted molar refractivity (Wildman–Crippen MR) is 91.9 cm³/mol. The van der Waals surface area contributed by atoms with E-state index < -0.39 is 0 Å². The maximum atomic E-state index is 11.7. The van der Waals surface area contributed by atoms with Gasteiger partial charge in [0.15, 0.2) is 6.23 Å². The zero-order valence-corrected chi connectivity index (χ0v) is 13.8. The lowest BCUT2D eigenvalue weighted by atomic mass is 10.1. The third-order valence-electron chi connectivity index (χ3n) is 3.97. The number of hydrogen-bond acceptors (Lipinski definition) is 4. The van der Waals surface area contributed by atoms with E-state index in [1.165, 1.54) is 0 Å². The molecule has 23 heavy (non-hydrogen) atoms. The monoisotopic (exact) mass is 333 g/mol. The number of anilines is 1. The minimum absolute atomic E-state index is 0.278. The van der Waals surface area contributed by atoms with Gasteiger partial charge in [0.1, 0.15) is 5.82 Å². The van der Waals surface area contributed by atoms with E-state index in [1.807, 2.05) is 37.3 Å². The third-order valence-corrected chi connectivity index (χ3v) is 4.30. The fraction of sp³-hybridized carbons (Fsp3) is 0.412. The van der Waals surface area contributed by atoms with E-state index >= 15 is 0 Å². The molecule has 1 fully saturated rings. The molecular formula is C17H20ClN3O2. The minimum atomic E-state index is -0.381. The highest BCUT2D eigenvalue weighted by atomic mass is 35.5. The van der Waals surface area contributed by atoms with Crippen LogP contribution in [0.1, 0.15) is 26.2 Å². The Morgan fingerprint density at radius 3 is 3.09 bits per heavy atom. The number of nitrogens with zero attached hydrogens (tertiary/aromatic N) is 2. The number of ether oxygens (including phenoxy) is 1. The van der Waals surface area contributed by atoms with Crippen LogP contribution in [-0.4, -0.2) is 30.4 Å². The van der Waals surface area contributed by atoms with Gasteiger partial charge in [0.25, 0.3) is 0 Å². The van der Waals surface area contributed by atoms with Gasteiger partial charge >= 0.3 is 6.09 Å². The van der Waals surface area contributed by atoms with Gasteiger partial charge in [-0.25, -0.2) is 9.78 Å². The molecule has 0 radical (unpaired) electrons. The zero-order valence-electron chi connectivity index (χ0n) is 13.1. The van der Waals surface area contributed by atoms with Crippen molar-refractivity contribution >= 4 is 34.4 Å². The molecule has 2 aromatic rings. The second kappa shape index (κ2) is 7.04. The number of hydrogen-bond donors (Lipinski definition) is 1. The predicted octanol–water partition coefficient (Wildman–Crippen LogP) is 3.95. The SMILES string of the molecule is CCNC(=O)OC1CCCCN1c1ccc2c(Cl)cccc2n1. The van der Waals surface area contributed by atoms with Crippen molar-refractivity contribution in [3.05, 3.63) is 35.4 Å². The van der Waals surface area contributed by atoms with Gasteiger partial charge in [-0.1, -0.05) is 17.7 Å². The number of nitrogens with one attached hydrogen (secondary N) is 1. The summed E-state index contributed by atoms with van der Waals surface area (Å²) in [6, 6.07) is 9.59. The number of alkyl carbamates (subject to hydrolysis) is 1. The van der Waals surface area contributed by atoms with Gasteiger partial charge in [-0.05, 0) is 44.0 Å². The zero-order chi connectivity index (χ0) is 16.2. The molecule has 1 aliphatic heterocycles. The Bertz CT molecular complexity index is 707. The molecule has 6 heteroatoms. The molecule has 0 saturated carbocycles. The van der Waals surface area contributed by atoms with Crippen LogP contribution in [0.4, 0.5) is 10.6 Å². The van der Waals surface area contributed by atoms with Crippen LogP contribution in [0.5, 0.6) is 0 Å². The van der Waals surface area contributed by atoms with E-state index in [0.717, 1.165) is 42.5 Å².